The predicted octanol–water partition coefficient (Wildman–Crippen LogP) is 7.25. The van der Waals surface area contributed by atoms with Gasteiger partial charge in [0, 0.05) is 22.0 Å². The van der Waals surface area contributed by atoms with Gasteiger partial charge in [0.2, 0.25) is 0 Å². The Hall–Kier alpha value is -1.13. The summed E-state index contributed by atoms with van der Waals surface area (Å²) in [5.41, 5.74) is 2.88. The molecule has 3 rings (SSSR count). The van der Waals surface area contributed by atoms with Gasteiger partial charge in [-0.2, -0.15) is 0 Å². The SMILES string of the molecule is CC(C)CSc1ncc(-c2ccc(Cl)c(Cl)c2)n1-c1cccc(Cl)c1. The number of imidazole rings is 1. The molecule has 25 heavy (non-hydrogen) atoms. The number of rotatable bonds is 5. The molecule has 0 aliphatic carbocycles. The third kappa shape index (κ3) is 4.35. The molecule has 1 aromatic heterocycles. The fourth-order valence-electron chi connectivity index (χ4n) is 2.40. The van der Waals surface area contributed by atoms with Crippen molar-refractivity contribution < 1.29 is 0 Å². The fourth-order valence-corrected chi connectivity index (χ4v) is 3.83. The molecule has 3 aromatic rings. The molecule has 2 nitrogen and oxygen atoms in total. The van der Waals surface area contributed by atoms with Crippen molar-refractivity contribution in [2.75, 3.05) is 5.75 Å². The largest absolute Gasteiger partial charge is 0.287 e. The fraction of sp³-hybridized carbons (Fsp3) is 0.211. The number of thioether (sulfide) groups is 1. The van der Waals surface area contributed by atoms with Crippen LogP contribution in [0.1, 0.15) is 13.8 Å². The molecule has 1 heterocycles. The highest BCUT2D eigenvalue weighted by Crippen LogP contribution is 2.34. The topological polar surface area (TPSA) is 17.8 Å². The molecule has 6 heteroatoms. The summed E-state index contributed by atoms with van der Waals surface area (Å²) in [4.78, 5) is 4.63. The van der Waals surface area contributed by atoms with Crippen molar-refractivity contribution in [1.29, 1.82) is 0 Å². The average Bonchev–Trinajstić information content (AvgIpc) is 2.99. The zero-order valence-electron chi connectivity index (χ0n) is 13.8. The van der Waals surface area contributed by atoms with Gasteiger partial charge in [-0.1, -0.05) is 72.5 Å². The number of halogens is 3. The molecule has 0 aliphatic rings. The molecular weight excluding hydrogens is 395 g/mol. The van der Waals surface area contributed by atoms with Gasteiger partial charge in [-0.15, -0.1) is 0 Å². The van der Waals surface area contributed by atoms with Crippen molar-refractivity contribution in [3.63, 3.8) is 0 Å². The van der Waals surface area contributed by atoms with Crippen LogP contribution in [-0.4, -0.2) is 15.3 Å². The highest BCUT2D eigenvalue weighted by Gasteiger charge is 2.15. The van der Waals surface area contributed by atoms with Gasteiger partial charge in [0.15, 0.2) is 5.16 Å². The highest BCUT2D eigenvalue weighted by atomic mass is 35.5. The molecule has 0 amide bonds. The van der Waals surface area contributed by atoms with Crippen LogP contribution in [0.15, 0.2) is 53.8 Å². The molecule has 0 unspecified atom stereocenters. The third-order valence-corrected chi connectivity index (χ3v) is 5.91. The Morgan fingerprint density at radius 2 is 1.84 bits per heavy atom. The lowest BCUT2D eigenvalue weighted by atomic mass is 10.1. The summed E-state index contributed by atoms with van der Waals surface area (Å²) in [6.45, 7) is 4.39. The molecule has 2 aromatic carbocycles. The molecule has 0 radical (unpaired) electrons. The van der Waals surface area contributed by atoms with Gasteiger partial charge >= 0.3 is 0 Å². The lowest BCUT2D eigenvalue weighted by Crippen LogP contribution is -2.01. The zero-order chi connectivity index (χ0) is 18.0. The van der Waals surface area contributed by atoms with Crippen LogP contribution in [0.4, 0.5) is 0 Å². The standard InChI is InChI=1S/C19H17Cl3N2S/c1-12(2)11-25-19-23-10-18(13-6-7-16(21)17(22)8-13)24(19)15-5-3-4-14(20)9-15/h3-10,12H,11H2,1-2H3. The van der Waals surface area contributed by atoms with Gasteiger partial charge in [-0.05, 0) is 36.2 Å². The lowest BCUT2D eigenvalue weighted by Gasteiger charge is -2.13. The van der Waals surface area contributed by atoms with Crippen molar-refractivity contribution in [2.45, 2.75) is 19.0 Å². The summed E-state index contributed by atoms with van der Waals surface area (Å²) in [5, 5.41) is 2.67. The first kappa shape index (κ1) is 18.7. The van der Waals surface area contributed by atoms with Gasteiger partial charge < -0.3 is 0 Å². The van der Waals surface area contributed by atoms with Crippen molar-refractivity contribution >= 4 is 46.6 Å². The summed E-state index contributed by atoms with van der Waals surface area (Å²) >= 11 is 20.2. The van der Waals surface area contributed by atoms with E-state index in [0.29, 0.717) is 21.0 Å². The minimum Gasteiger partial charge on any atom is -0.287 e. The Morgan fingerprint density at radius 1 is 1.04 bits per heavy atom. The maximum Gasteiger partial charge on any atom is 0.173 e. The van der Waals surface area contributed by atoms with Gasteiger partial charge in [0.1, 0.15) is 0 Å². The van der Waals surface area contributed by atoms with Crippen molar-refractivity contribution in [3.05, 3.63) is 63.7 Å². The van der Waals surface area contributed by atoms with Crippen molar-refractivity contribution in [3.8, 4) is 16.9 Å². The molecule has 0 aliphatic heterocycles. The smallest absolute Gasteiger partial charge is 0.173 e. The van der Waals surface area contributed by atoms with Crippen LogP contribution < -0.4 is 0 Å². The maximum absolute atomic E-state index is 6.21. The van der Waals surface area contributed by atoms with Gasteiger partial charge in [0.05, 0.1) is 21.9 Å². The molecule has 0 N–H and O–H groups in total. The van der Waals surface area contributed by atoms with E-state index in [1.165, 1.54) is 0 Å². The first-order valence-corrected chi connectivity index (χ1v) is 9.99. The van der Waals surface area contributed by atoms with Crippen molar-refractivity contribution in [1.82, 2.24) is 9.55 Å². The van der Waals surface area contributed by atoms with E-state index in [1.54, 1.807) is 17.8 Å². The summed E-state index contributed by atoms with van der Waals surface area (Å²) < 4.78 is 2.11. The zero-order valence-corrected chi connectivity index (χ0v) is 16.9. The molecule has 0 saturated carbocycles. The van der Waals surface area contributed by atoms with E-state index in [-0.39, 0.29) is 0 Å². The van der Waals surface area contributed by atoms with Gasteiger partial charge in [-0.3, -0.25) is 4.57 Å². The normalized spacial score (nSPS) is 11.3. The Labute approximate surface area is 167 Å². The quantitative estimate of drug-likeness (QED) is 0.411. The van der Waals surface area contributed by atoms with Crippen LogP contribution in [-0.2, 0) is 0 Å². The number of hydrogen-bond donors (Lipinski definition) is 0. The number of hydrogen-bond acceptors (Lipinski definition) is 2. The Balaban J connectivity index is 2.13. The van der Waals surface area contributed by atoms with E-state index in [9.17, 15) is 0 Å². The minimum atomic E-state index is 0.523. The number of nitrogens with zero attached hydrogens (tertiary/aromatic N) is 2. The summed E-state index contributed by atoms with van der Waals surface area (Å²) in [5.74, 6) is 1.56. The first-order chi connectivity index (χ1) is 12.0. The molecule has 0 saturated heterocycles. The average molecular weight is 412 g/mol. The Morgan fingerprint density at radius 3 is 2.52 bits per heavy atom. The van der Waals surface area contributed by atoms with E-state index in [0.717, 1.165) is 27.9 Å². The molecule has 0 fully saturated rings. The monoisotopic (exact) mass is 410 g/mol. The van der Waals surface area contributed by atoms with E-state index >= 15 is 0 Å². The van der Waals surface area contributed by atoms with Crippen LogP contribution in [0.2, 0.25) is 15.1 Å². The van der Waals surface area contributed by atoms with Crippen LogP contribution in [0.25, 0.3) is 16.9 Å². The van der Waals surface area contributed by atoms with E-state index in [1.807, 2.05) is 42.6 Å². The lowest BCUT2D eigenvalue weighted by molar-refractivity contribution is 0.746. The molecule has 0 spiro atoms. The second kappa shape index (κ2) is 8.05. The van der Waals surface area contributed by atoms with Crippen LogP contribution in [0.3, 0.4) is 0 Å². The molecular formula is C19H17Cl3N2S. The van der Waals surface area contributed by atoms with E-state index in [4.69, 9.17) is 34.8 Å². The second-order valence-electron chi connectivity index (χ2n) is 6.08. The summed E-state index contributed by atoms with van der Waals surface area (Å²) in [6, 6.07) is 13.4. The van der Waals surface area contributed by atoms with Crippen LogP contribution in [0.5, 0.6) is 0 Å². The predicted molar refractivity (Wildman–Crippen MR) is 110 cm³/mol. The van der Waals surface area contributed by atoms with Crippen LogP contribution >= 0.6 is 46.6 Å². The highest BCUT2D eigenvalue weighted by molar-refractivity contribution is 7.99. The molecule has 0 bridgehead atoms. The first-order valence-electron chi connectivity index (χ1n) is 7.87. The number of benzene rings is 2. The van der Waals surface area contributed by atoms with E-state index < -0.39 is 0 Å². The molecule has 0 atom stereocenters. The third-order valence-electron chi connectivity index (χ3n) is 3.56. The van der Waals surface area contributed by atoms with Crippen LogP contribution in [0, 0.1) is 5.92 Å². The minimum absolute atomic E-state index is 0.523. The van der Waals surface area contributed by atoms with Crippen molar-refractivity contribution in [2.24, 2.45) is 5.92 Å². The van der Waals surface area contributed by atoms with E-state index in [2.05, 4.69) is 23.4 Å². The maximum atomic E-state index is 6.21. The second-order valence-corrected chi connectivity index (χ2v) is 8.31. The Bertz CT molecular complexity index is 890. The summed E-state index contributed by atoms with van der Waals surface area (Å²) in [6.07, 6.45) is 1.86. The van der Waals surface area contributed by atoms with Gasteiger partial charge in [-0.25, -0.2) is 4.98 Å². The molecule has 130 valence electrons. The Kier molecular flexibility index (Phi) is 6.00. The summed E-state index contributed by atoms with van der Waals surface area (Å²) in [7, 11) is 0. The number of aromatic nitrogens is 2. The van der Waals surface area contributed by atoms with Gasteiger partial charge in [0.25, 0.3) is 0 Å².